The molecule has 1 spiro atoms. The van der Waals surface area contributed by atoms with E-state index in [0.29, 0.717) is 6.54 Å². The van der Waals surface area contributed by atoms with E-state index in [2.05, 4.69) is 34.1 Å². The van der Waals surface area contributed by atoms with Crippen LogP contribution >= 0.6 is 0 Å². The van der Waals surface area contributed by atoms with Gasteiger partial charge in [-0.15, -0.1) is 0 Å². The van der Waals surface area contributed by atoms with Crippen LogP contribution in [0.3, 0.4) is 0 Å². The van der Waals surface area contributed by atoms with Gasteiger partial charge in [0.05, 0.1) is 20.3 Å². The van der Waals surface area contributed by atoms with E-state index in [-0.39, 0.29) is 6.09 Å². The third kappa shape index (κ3) is 5.67. The predicted molar refractivity (Wildman–Crippen MR) is 138 cm³/mol. The highest BCUT2D eigenvalue weighted by atomic mass is 16.6. The summed E-state index contributed by atoms with van der Waals surface area (Å²) in [7, 11) is 1.64. The molecule has 3 saturated heterocycles. The van der Waals surface area contributed by atoms with Crippen molar-refractivity contribution in [1.29, 1.82) is 0 Å². The summed E-state index contributed by atoms with van der Waals surface area (Å²) in [6, 6.07) is 16.0. The van der Waals surface area contributed by atoms with Gasteiger partial charge in [-0.1, -0.05) is 6.42 Å². The monoisotopic (exact) mass is 479 g/mol. The second kappa shape index (κ2) is 10.8. The highest BCUT2D eigenvalue weighted by Crippen LogP contribution is 2.37. The molecule has 0 atom stereocenters. The Balaban J connectivity index is 1.09. The average molecular weight is 480 g/mol. The maximum atomic E-state index is 12.6. The minimum atomic E-state index is -0.412. The maximum Gasteiger partial charge on any atom is 0.415 e. The molecule has 35 heavy (non-hydrogen) atoms. The van der Waals surface area contributed by atoms with Crippen molar-refractivity contribution >= 4 is 17.5 Å². The van der Waals surface area contributed by atoms with Crippen molar-refractivity contribution in [2.24, 2.45) is 0 Å². The third-order valence-corrected chi connectivity index (χ3v) is 7.57. The molecule has 188 valence electrons. The average Bonchev–Trinajstić information content (AvgIpc) is 3.23. The Kier molecular flexibility index (Phi) is 7.32. The van der Waals surface area contributed by atoms with Gasteiger partial charge in [-0.05, 0) is 80.9 Å². The Morgan fingerprint density at radius 1 is 0.857 bits per heavy atom. The molecule has 2 aromatic rings. The number of piperidine rings is 2. The van der Waals surface area contributed by atoms with Gasteiger partial charge >= 0.3 is 6.09 Å². The Labute approximate surface area is 208 Å². The van der Waals surface area contributed by atoms with Crippen molar-refractivity contribution < 1.29 is 19.0 Å². The van der Waals surface area contributed by atoms with Crippen LogP contribution in [0.1, 0.15) is 38.5 Å². The van der Waals surface area contributed by atoms with E-state index in [0.717, 1.165) is 62.7 Å². The lowest BCUT2D eigenvalue weighted by atomic mass is 9.91. The van der Waals surface area contributed by atoms with Gasteiger partial charge in [0, 0.05) is 43.9 Å². The van der Waals surface area contributed by atoms with Crippen LogP contribution in [0.25, 0.3) is 0 Å². The Morgan fingerprint density at radius 2 is 1.51 bits per heavy atom. The predicted octanol–water partition coefficient (Wildman–Crippen LogP) is 4.95. The number of hydrogen-bond acceptors (Lipinski definition) is 6. The van der Waals surface area contributed by atoms with Gasteiger partial charge in [-0.25, -0.2) is 4.79 Å². The minimum Gasteiger partial charge on any atom is -0.497 e. The zero-order chi connectivity index (χ0) is 24.1. The second-order valence-electron chi connectivity index (χ2n) is 9.92. The van der Waals surface area contributed by atoms with E-state index in [4.69, 9.17) is 14.2 Å². The van der Waals surface area contributed by atoms with Crippen molar-refractivity contribution in [1.82, 2.24) is 4.90 Å². The molecule has 2 aromatic carbocycles. The van der Waals surface area contributed by atoms with E-state index in [1.54, 1.807) is 12.0 Å². The molecule has 0 N–H and O–H groups in total. The second-order valence-corrected chi connectivity index (χ2v) is 9.92. The largest absolute Gasteiger partial charge is 0.497 e. The molecule has 3 aliphatic heterocycles. The van der Waals surface area contributed by atoms with Crippen LogP contribution < -0.4 is 19.3 Å². The lowest BCUT2D eigenvalue weighted by molar-refractivity contribution is 0.0367. The Bertz CT molecular complexity index is 965. The van der Waals surface area contributed by atoms with Gasteiger partial charge in [0.1, 0.15) is 17.1 Å². The van der Waals surface area contributed by atoms with Crippen LogP contribution in [-0.2, 0) is 4.74 Å². The van der Waals surface area contributed by atoms with Crippen molar-refractivity contribution in [2.75, 3.05) is 62.8 Å². The van der Waals surface area contributed by atoms with E-state index in [1.165, 1.54) is 38.0 Å². The summed E-state index contributed by atoms with van der Waals surface area (Å²) in [4.78, 5) is 19.3. The van der Waals surface area contributed by atoms with Crippen LogP contribution in [0.15, 0.2) is 48.5 Å². The summed E-state index contributed by atoms with van der Waals surface area (Å²) < 4.78 is 17.1. The minimum absolute atomic E-state index is 0.259. The van der Waals surface area contributed by atoms with E-state index in [1.807, 2.05) is 24.3 Å². The fraction of sp³-hybridized carbons (Fsp3) is 0.536. The molecule has 7 nitrogen and oxygen atoms in total. The van der Waals surface area contributed by atoms with Gasteiger partial charge < -0.3 is 24.0 Å². The molecule has 3 aliphatic rings. The van der Waals surface area contributed by atoms with Crippen molar-refractivity contribution in [2.45, 2.75) is 44.1 Å². The summed E-state index contributed by atoms with van der Waals surface area (Å²) in [6.45, 7) is 6.69. The topological polar surface area (TPSA) is 54.5 Å². The highest BCUT2D eigenvalue weighted by Gasteiger charge is 2.47. The molecule has 0 aliphatic carbocycles. The first-order valence-electron chi connectivity index (χ1n) is 13.0. The SMILES string of the molecule is COc1ccc(N2CC3(CCN(c4ccc(OCCCN5CCCCC5)cc4)CC3)OC2=O)cc1. The van der Waals surface area contributed by atoms with E-state index < -0.39 is 5.60 Å². The Morgan fingerprint density at radius 3 is 2.20 bits per heavy atom. The fourth-order valence-corrected chi connectivity index (χ4v) is 5.43. The maximum absolute atomic E-state index is 12.6. The van der Waals surface area contributed by atoms with Gasteiger partial charge in [-0.3, -0.25) is 4.90 Å². The molecule has 7 heteroatoms. The quantitative estimate of drug-likeness (QED) is 0.500. The lowest BCUT2D eigenvalue weighted by Gasteiger charge is -2.38. The van der Waals surface area contributed by atoms with Crippen LogP contribution in [-0.4, -0.2) is 69.6 Å². The number of hydrogen-bond donors (Lipinski definition) is 0. The molecule has 3 fully saturated rings. The summed E-state index contributed by atoms with van der Waals surface area (Å²) in [6.07, 6.45) is 6.50. The van der Waals surface area contributed by atoms with Crippen molar-refractivity contribution in [3.8, 4) is 11.5 Å². The first-order chi connectivity index (χ1) is 17.1. The number of benzene rings is 2. The van der Waals surface area contributed by atoms with Crippen LogP contribution in [0.4, 0.5) is 16.2 Å². The lowest BCUT2D eigenvalue weighted by Crippen LogP contribution is -2.47. The molecular weight excluding hydrogens is 442 g/mol. The van der Waals surface area contributed by atoms with Crippen molar-refractivity contribution in [3.63, 3.8) is 0 Å². The summed E-state index contributed by atoms with van der Waals surface area (Å²) in [5, 5.41) is 0. The number of carbonyl (C=O) groups is 1. The molecule has 5 rings (SSSR count). The van der Waals surface area contributed by atoms with E-state index in [9.17, 15) is 4.79 Å². The van der Waals surface area contributed by atoms with Gasteiger partial charge in [0.25, 0.3) is 0 Å². The van der Waals surface area contributed by atoms with Gasteiger partial charge in [-0.2, -0.15) is 0 Å². The number of likely N-dealkylation sites (tertiary alicyclic amines) is 1. The van der Waals surface area contributed by atoms with Crippen LogP contribution in [0.2, 0.25) is 0 Å². The number of methoxy groups -OCH3 is 1. The number of nitrogens with zero attached hydrogens (tertiary/aromatic N) is 3. The molecule has 0 saturated carbocycles. The molecule has 0 bridgehead atoms. The number of amides is 1. The standard InChI is InChI=1S/C28H37N3O4/c1-33-25-10-8-24(9-11-25)31-22-28(35-27(31)32)14-19-30(20-15-28)23-6-12-26(13-7-23)34-21-5-18-29-16-3-2-4-17-29/h6-13H,2-5,14-22H2,1H3. The van der Waals surface area contributed by atoms with Crippen LogP contribution in [0.5, 0.6) is 11.5 Å². The summed E-state index contributed by atoms with van der Waals surface area (Å²) >= 11 is 0. The zero-order valence-electron chi connectivity index (χ0n) is 20.8. The normalized spacial score (nSPS) is 20.2. The number of anilines is 2. The third-order valence-electron chi connectivity index (χ3n) is 7.57. The first kappa shape index (κ1) is 23.8. The zero-order valence-corrected chi connectivity index (χ0v) is 20.8. The molecular formula is C28H37N3O4. The molecule has 3 heterocycles. The summed E-state index contributed by atoms with van der Waals surface area (Å²) in [5.74, 6) is 1.71. The van der Waals surface area contributed by atoms with Gasteiger partial charge in [0.2, 0.25) is 0 Å². The Hall–Kier alpha value is -2.93. The van der Waals surface area contributed by atoms with Gasteiger partial charge in [0.15, 0.2) is 0 Å². The molecule has 1 amide bonds. The number of carbonyl (C=O) groups excluding carboxylic acids is 1. The fourth-order valence-electron chi connectivity index (χ4n) is 5.43. The molecule has 0 radical (unpaired) electrons. The highest BCUT2D eigenvalue weighted by molar-refractivity contribution is 5.90. The number of rotatable bonds is 8. The summed E-state index contributed by atoms with van der Waals surface area (Å²) in [5.41, 5.74) is 1.63. The smallest absolute Gasteiger partial charge is 0.415 e. The van der Waals surface area contributed by atoms with Crippen LogP contribution in [0, 0.1) is 0 Å². The molecule has 0 aromatic heterocycles. The van der Waals surface area contributed by atoms with E-state index >= 15 is 0 Å². The number of ether oxygens (including phenoxy) is 3. The van der Waals surface area contributed by atoms with Crippen molar-refractivity contribution in [3.05, 3.63) is 48.5 Å². The first-order valence-corrected chi connectivity index (χ1v) is 13.0. The molecule has 0 unspecified atom stereocenters.